The second-order valence-electron chi connectivity index (χ2n) is 4.53. The van der Waals surface area contributed by atoms with Crippen LogP contribution in [0.3, 0.4) is 0 Å². The predicted molar refractivity (Wildman–Crippen MR) is 53.5 cm³/mol. The lowest BCUT2D eigenvalue weighted by Gasteiger charge is -2.24. The molecule has 1 aromatic rings. The van der Waals surface area contributed by atoms with E-state index in [9.17, 15) is 0 Å². The van der Waals surface area contributed by atoms with Gasteiger partial charge in [-0.05, 0) is 37.2 Å². The molecule has 2 heterocycles. The van der Waals surface area contributed by atoms with Crippen LogP contribution in [0, 0.1) is 11.8 Å². The highest BCUT2D eigenvalue weighted by atomic mass is 15.3. The first-order chi connectivity index (χ1) is 6.25. The molecule has 0 aromatic carbocycles. The van der Waals surface area contributed by atoms with Gasteiger partial charge in [0.1, 0.15) is 0 Å². The summed E-state index contributed by atoms with van der Waals surface area (Å²) in [5.74, 6) is 1.73. The van der Waals surface area contributed by atoms with Crippen LogP contribution in [-0.4, -0.2) is 9.78 Å². The van der Waals surface area contributed by atoms with Gasteiger partial charge in [0.15, 0.2) is 0 Å². The summed E-state index contributed by atoms with van der Waals surface area (Å²) in [5, 5.41) is 4.29. The first kappa shape index (κ1) is 8.79. The Kier molecular flexibility index (Phi) is 2.38. The third kappa shape index (κ3) is 1.93. The number of nitrogens with zero attached hydrogens (tertiary/aromatic N) is 2. The lowest BCUT2D eigenvalue weighted by molar-refractivity contribution is 0.316. The summed E-state index contributed by atoms with van der Waals surface area (Å²) in [5.41, 5.74) is 1.43. The van der Waals surface area contributed by atoms with Crippen LogP contribution in [0.1, 0.15) is 32.4 Å². The summed E-state index contributed by atoms with van der Waals surface area (Å²) >= 11 is 0. The second kappa shape index (κ2) is 3.52. The Morgan fingerprint density at radius 1 is 1.62 bits per heavy atom. The molecule has 1 unspecified atom stereocenters. The monoisotopic (exact) mass is 178 g/mol. The summed E-state index contributed by atoms with van der Waals surface area (Å²) in [6.07, 6.45) is 5.84. The first-order valence-electron chi connectivity index (χ1n) is 5.26. The number of aromatic nitrogens is 2. The minimum absolute atomic E-state index is 0.833. The zero-order valence-corrected chi connectivity index (χ0v) is 8.53. The van der Waals surface area contributed by atoms with Crippen molar-refractivity contribution in [3.8, 4) is 0 Å². The van der Waals surface area contributed by atoms with E-state index in [0.29, 0.717) is 0 Å². The van der Waals surface area contributed by atoms with Gasteiger partial charge < -0.3 is 0 Å². The smallest absolute Gasteiger partial charge is 0.0492 e. The Morgan fingerprint density at radius 2 is 2.46 bits per heavy atom. The lowest BCUT2D eigenvalue weighted by Crippen LogP contribution is -2.20. The van der Waals surface area contributed by atoms with Gasteiger partial charge in [-0.25, -0.2) is 0 Å². The molecule has 0 spiro atoms. The minimum Gasteiger partial charge on any atom is -0.270 e. The van der Waals surface area contributed by atoms with E-state index in [1.54, 1.807) is 0 Å². The van der Waals surface area contributed by atoms with Gasteiger partial charge in [-0.3, -0.25) is 4.68 Å². The van der Waals surface area contributed by atoms with E-state index in [1.165, 1.54) is 25.0 Å². The van der Waals surface area contributed by atoms with Gasteiger partial charge in [-0.15, -0.1) is 0 Å². The van der Waals surface area contributed by atoms with E-state index in [0.717, 1.165) is 18.4 Å². The second-order valence-corrected chi connectivity index (χ2v) is 4.53. The van der Waals surface area contributed by atoms with E-state index in [1.807, 2.05) is 6.20 Å². The molecule has 0 radical (unpaired) electrons. The number of fused-ring (bicyclic) bond motifs is 1. The van der Waals surface area contributed by atoms with Crippen molar-refractivity contribution < 1.29 is 0 Å². The van der Waals surface area contributed by atoms with Crippen LogP contribution in [0.5, 0.6) is 0 Å². The molecule has 2 nitrogen and oxygen atoms in total. The SMILES string of the molecule is CC(C)CC1CCn2nccc2C1. The molecule has 1 aromatic heterocycles. The third-order valence-electron chi connectivity index (χ3n) is 2.86. The molecule has 0 amide bonds. The van der Waals surface area contributed by atoms with Crippen molar-refractivity contribution in [3.63, 3.8) is 0 Å². The van der Waals surface area contributed by atoms with E-state index >= 15 is 0 Å². The van der Waals surface area contributed by atoms with E-state index in [-0.39, 0.29) is 0 Å². The fraction of sp³-hybridized carbons (Fsp3) is 0.727. The third-order valence-corrected chi connectivity index (χ3v) is 2.86. The molecule has 0 N–H and O–H groups in total. The van der Waals surface area contributed by atoms with Crippen molar-refractivity contribution in [2.75, 3.05) is 0 Å². The Hall–Kier alpha value is -0.790. The highest BCUT2D eigenvalue weighted by Gasteiger charge is 2.19. The molecule has 2 rings (SSSR count). The van der Waals surface area contributed by atoms with Crippen LogP contribution >= 0.6 is 0 Å². The van der Waals surface area contributed by atoms with E-state index in [2.05, 4.69) is 29.7 Å². The molecule has 13 heavy (non-hydrogen) atoms. The molecule has 0 bridgehead atoms. The highest BCUT2D eigenvalue weighted by molar-refractivity contribution is 5.04. The summed E-state index contributed by atoms with van der Waals surface area (Å²) in [6, 6.07) is 2.16. The molecular formula is C11H18N2. The Balaban J connectivity index is 2.00. The van der Waals surface area contributed by atoms with Crippen molar-refractivity contribution in [2.24, 2.45) is 11.8 Å². The molecular weight excluding hydrogens is 160 g/mol. The largest absolute Gasteiger partial charge is 0.270 e. The van der Waals surface area contributed by atoms with Crippen LogP contribution < -0.4 is 0 Å². The number of hydrogen-bond acceptors (Lipinski definition) is 1. The van der Waals surface area contributed by atoms with Gasteiger partial charge in [0.2, 0.25) is 0 Å². The summed E-state index contributed by atoms with van der Waals surface area (Å²) in [6.45, 7) is 5.75. The van der Waals surface area contributed by atoms with Crippen LogP contribution in [-0.2, 0) is 13.0 Å². The molecule has 72 valence electrons. The number of aryl methyl sites for hydroxylation is 1. The molecule has 1 atom stereocenters. The first-order valence-corrected chi connectivity index (χ1v) is 5.26. The normalized spacial score (nSPS) is 21.9. The summed E-state index contributed by atoms with van der Waals surface area (Å²) in [7, 11) is 0. The standard InChI is InChI=1S/C11H18N2/c1-9(2)7-10-4-6-13-11(8-10)3-5-12-13/h3,5,9-10H,4,6-8H2,1-2H3. The van der Waals surface area contributed by atoms with E-state index < -0.39 is 0 Å². The summed E-state index contributed by atoms with van der Waals surface area (Å²) < 4.78 is 2.15. The molecule has 0 aliphatic carbocycles. The lowest BCUT2D eigenvalue weighted by atomic mass is 9.88. The van der Waals surface area contributed by atoms with Gasteiger partial charge in [0.05, 0.1) is 0 Å². The zero-order valence-electron chi connectivity index (χ0n) is 8.53. The van der Waals surface area contributed by atoms with Gasteiger partial charge >= 0.3 is 0 Å². The van der Waals surface area contributed by atoms with Crippen molar-refractivity contribution in [1.82, 2.24) is 9.78 Å². The fourth-order valence-electron chi connectivity index (χ4n) is 2.31. The Bertz CT molecular complexity index is 275. The zero-order chi connectivity index (χ0) is 9.26. The topological polar surface area (TPSA) is 17.8 Å². The Morgan fingerprint density at radius 3 is 3.23 bits per heavy atom. The number of hydrogen-bond donors (Lipinski definition) is 0. The van der Waals surface area contributed by atoms with Crippen molar-refractivity contribution in [1.29, 1.82) is 0 Å². The average Bonchev–Trinajstić information content (AvgIpc) is 2.49. The van der Waals surface area contributed by atoms with Crippen molar-refractivity contribution >= 4 is 0 Å². The van der Waals surface area contributed by atoms with Crippen LogP contribution in [0.2, 0.25) is 0 Å². The Labute approximate surface area is 80.0 Å². The van der Waals surface area contributed by atoms with Gasteiger partial charge in [-0.2, -0.15) is 5.10 Å². The highest BCUT2D eigenvalue weighted by Crippen LogP contribution is 2.25. The predicted octanol–water partition coefficient (Wildman–Crippen LogP) is 2.49. The van der Waals surface area contributed by atoms with Crippen molar-refractivity contribution in [2.45, 2.75) is 39.7 Å². The molecule has 0 saturated carbocycles. The minimum atomic E-state index is 0.833. The summed E-state index contributed by atoms with van der Waals surface area (Å²) in [4.78, 5) is 0. The van der Waals surface area contributed by atoms with Gasteiger partial charge in [0, 0.05) is 18.4 Å². The fourth-order valence-corrected chi connectivity index (χ4v) is 2.31. The maximum atomic E-state index is 4.29. The van der Waals surface area contributed by atoms with Crippen LogP contribution in [0.4, 0.5) is 0 Å². The van der Waals surface area contributed by atoms with Crippen molar-refractivity contribution in [3.05, 3.63) is 18.0 Å². The number of rotatable bonds is 2. The maximum Gasteiger partial charge on any atom is 0.0492 e. The van der Waals surface area contributed by atoms with E-state index in [4.69, 9.17) is 0 Å². The van der Waals surface area contributed by atoms with Crippen LogP contribution in [0.25, 0.3) is 0 Å². The maximum absolute atomic E-state index is 4.29. The van der Waals surface area contributed by atoms with Crippen LogP contribution in [0.15, 0.2) is 12.3 Å². The molecule has 0 saturated heterocycles. The molecule has 1 aliphatic rings. The van der Waals surface area contributed by atoms with Gasteiger partial charge in [-0.1, -0.05) is 13.8 Å². The molecule has 0 fully saturated rings. The molecule has 1 aliphatic heterocycles. The molecule has 2 heteroatoms. The quantitative estimate of drug-likeness (QED) is 0.680. The van der Waals surface area contributed by atoms with Gasteiger partial charge in [0.25, 0.3) is 0 Å². The average molecular weight is 178 g/mol.